The Balaban J connectivity index is 1.44. The number of nitrogens with zero attached hydrogens (tertiary/aromatic N) is 4. The van der Waals surface area contributed by atoms with Crippen molar-refractivity contribution in [2.24, 2.45) is 0 Å². The Kier molecular flexibility index (Phi) is 5.86. The predicted molar refractivity (Wildman–Crippen MR) is 131 cm³/mol. The zero-order valence-corrected chi connectivity index (χ0v) is 19.1. The SMILES string of the molecule is Cc1cccc(NC(=O)Nc2ccc(-c3nn(C4CCC(=O)CC4)c4ncnc(N)c34)cc2F)c1. The summed E-state index contributed by atoms with van der Waals surface area (Å²) in [5.41, 5.74) is 9.26. The van der Waals surface area contributed by atoms with Crippen molar-refractivity contribution in [1.82, 2.24) is 19.7 Å². The molecule has 2 aromatic carbocycles. The minimum absolute atomic E-state index is 0.00523. The molecule has 0 aliphatic heterocycles. The van der Waals surface area contributed by atoms with Crippen LogP contribution in [0, 0.1) is 12.7 Å². The molecule has 1 fully saturated rings. The fourth-order valence-electron chi connectivity index (χ4n) is 4.39. The molecule has 10 heteroatoms. The molecule has 0 unspecified atom stereocenters. The van der Waals surface area contributed by atoms with Crippen LogP contribution in [0.1, 0.15) is 37.3 Å². The average molecular weight is 474 g/mol. The third-order valence-electron chi connectivity index (χ3n) is 6.14. The summed E-state index contributed by atoms with van der Waals surface area (Å²) in [4.78, 5) is 32.5. The lowest BCUT2D eigenvalue weighted by atomic mass is 9.94. The molecule has 0 atom stereocenters. The van der Waals surface area contributed by atoms with Gasteiger partial charge in [-0.1, -0.05) is 18.2 Å². The van der Waals surface area contributed by atoms with E-state index in [1.807, 2.05) is 25.1 Å². The van der Waals surface area contributed by atoms with Crippen molar-refractivity contribution in [3.63, 3.8) is 0 Å². The zero-order valence-electron chi connectivity index (χ0n) is 19.1. The lowest BCUT2D eigenvalue weighted by Gasteiger charge is -2.21. The van der Waals surface area contributed by atoms with Crippen LogP contribution in [0.25, 0.3) is 22.3 Å². The maximum Gasteiger partial charge on any atom is 0.323 e. The lowest BCUT2D eigenvalue weighted by Crippen LogP contribution is -2.20. The van der Waals surface area contributed by atoms with Crippen LogP contribution in [0.2, 0.25) is 0 Å². The maximum atomic E-state index is 15.0. The number of Topliss-reactive ketones (excluding diaryl/α,β-unsaturated/α-hetero) is 1. The van der Waals surface area contributed by atoms with Gasteiger partial charge in [-0.25, -0.2) is 23.8 Å². The highest BCUT2D eigenvalue weighted by molar-refractivity contribution is 6.01. The second kappa shape index (κ2) is 9.13. The predicted octanol–water partition coefficient (Wildman–Crippen LogP) is 4.85. The van der Waals surface area contributed by atoms with Crippen molar-refractivity contribution < 1.29 is 14.0 Å². The van der Waals surface area contributed by atoms with E-state index in [0.717, 1.165) is 5.56 Å². The van der Waals surface area contributed by atoms with E-state index in [2.05, 4.69) is 20.6 Å². The van der Waals surface area contributed by atoms with Crippen molar-refractivity contribution >= 4 is 40.0 Å². The molecule has 2 amide bonds. The average Bonchev–Trinajstić information content (AvgIpc) is 3.22. The summed E-state index contributed by atoms with van der Waals surface area (Å²) < 4.78 is 16.8. The van der Waals surface area contributed by atoms with Gasteiger partial charge < -0.3 is 16.4 Å². The van der Waals surface area contributed by atoms with Gasteiger partial charge in [0.25, 0.3) is 0 Å². The molecule has 5 rings (SSSR count). The van der Waals surface area contributed by atoms with Crippen LogP contribution in [0.5, 0.6) is 0 Å². The molecule has 2 heterocycles. The lowest BCUT2D eigenvalue weighted by molar-refractivity contribution is -0.120. The Morgan fingerprint density at radius 1 is 1.11 bits per heavy atom. The standard InChI is InChI=1S/C25H24FN7O2/c1-14-3-2-4-16(11-14)30-25(35)31-20-10-5-15(12-19(20)26)22-21-23(27)28-13-29-24(21)33(32-22)17-6-8-18(34)9-7-17/h2-5,10-13,17H,6-9H2,1H3,(H2,27,28,29)(H2,30,31,35). The van der Waals surface area contributed by atoms with Crippen molar-refractivity contribution in [2.75, 3.05) is 16.4 Å². The molecule has 35 heavy (non-hydrogen) atoms. The van der Waals surface area contributed by atoms with Crippen LogP contribution in [0.4, 0.5) is 26.4 Å². The molecule has 0 radical (unpaired) electrons. The van der Waals surface area contributed by atoms with Gasteiger partial charge in [0.05, 0.1) is 17.1 Å². The number of aryl methyl sites for hydroxylation is 1. The molecule has 0 saturated heterocycles. The number of fused-ring (bicyclic) bond motifs is 1. The Hall–Kier alpha value is -4.34. The molecule has 0 bridgehead atoms. The number of benzene rings is 2. The number of nitrogens with two attached hydrogens (primary N) is 1. The fourth-order valence-corrected chi connectivity index (χ4v) is 4.39. The quantitative estimate of drug-likeness (QED) is 0.389. The van der Waals surface area contributed by atoms with E-state index in [9.17, 15) is 9.59 Å². The van der Waals surface area contributed by atoms with Gasteiger partial charge in [0.15, 0.2) is 5.65 Å². The molecule has 4 N–H and O–H groups in total. The van der Waals surface area contributed by atoms with Gasteiger partial charge in [-0.3, -0.25) is 4.79 Å². The number of nitrogen functional groups attached to an aromatic ring is 1. The second-order valence-corrected chi connectivity index (χ2v) is 8.66. The highest BCUT2D eigenvalue weighted by atomic mass is 19.1. The molecule has 1 aliphatic rings. The molecule has 4 aromatic rings. The van der Waals surface area contributed by atoms with E-state index in [4.69, 9.17) is 10.8 Å². The Bertz CT molecular complexity index is 1440. The van der Waals surface area contributed by atoms with E-state index < -0.39 is 11.8 Å². The van der Waals surface area contributed by atoms with Gasteiger partial charge in [-0.2, -0.15) is 5.10 Å². The number of rotatable bonds is 4. The number of ketones is 1. The molecular formula is C25H24FN7O2. The molecule has 0 spiro atoms. The van der Waals surface area contributed by atoms with Gasteiger partial charge in [0, 0.05) is 24.1 Å². The van der Waals surface area contributed by atoms with E-state index in [-0.39, 0.29) is 23.3 Å². The van der Waals surface area contributed by atoms with E-state index in [0.29, 0.717) is 53.7 Å². The first-order valence-corrected chi connectivity index (χ1v) is 11.3. The third kappa shape index (κ3) is 4.54. The molecule has 1 saturated carbocycles. The monoisotopic (exact) mass is 473 g/mol. The number of halogens is 1. The minimum Gasteiger partial charge on any atom is -0.383 e. The number of hydrogen-bond acceptors (Lipinski definition) is 6. The molecule has 178 valence electrons. The number of carbonyl (C=O) groups excluding carboxylic acids is 2. The number of nitrogens with one attached hydrogen (secondary N) is 2. The van der Waals surface area contributed by atoms with Gasteiger partial charge in [-0.15, -0.1) is 0 Å². The summed E-state index contributed by atoms with van der Waals surface area (Å²) in [7, 11) is 0. The van der Waals surface area contributed by atoms with E-state index in [1.165, 1.54) is 18.5 Å². The third-order valence-corrected chi connectivity index (χ3v) is 6.14. The minimum atomic E-state index is -0.622. The normalized spacial score (nSPS) is 14.3. The summed E-state index contributed by atoms with van der Waals surface area (Å²) in [6.07, 6.45) is 3.66. The summed E-state index contributed by atoms with van der Waals surface area (Å²) in [6, 6.07) is 11.2. The summed E-state index contributed by atoms with van der Waals surface area (Å²) >= 11 is 0. The smallest absolute Gasteiger partial charge is 0.323 e. The highest BCUT2D eigenvalue weighted by Crippen LogP contribution is 2.36. The topological polar surface area (TPSA) is 128 Å². The van der Waals surface area contributed by atoms with Gasteiger partial charge in [-0.05, 0) is 49.6 Å². The van der Waals surface area contributed by atoms with E-state index >= 15 is 4.39 Å². The van der Waals surface area contributed by atoms with E-state index in [1.54, 1.807) is 16.8 Å². The van der Waals surface area contributed by atoms with Crippen molar-refractivity contribution in [3.8, 4) is 11.3 Å². The first-order chi connectivity index (χ1) is 16.9. The summed E-state index contributed by atoms with van der Waals surface area (Å²) in [6.45, 7) is 1.91. The molecule has 1 aliphatic carbocycles. The number of amides is 2. The first kappa shape index (κ1) is 22.5. The molecule has 9 nitrogen and oxygen atoms in total. The zero-order chi connectivity index (χ0) is 24.5. The fraction of sp³-hybridized carbons (Fsp3) is 0.240. The van der Waals surface area contributed by atoms with Gasteiger partial charge in [0.2, 0.25) is 0 Å². The summed E-state index contributed by atoms with van der Waals surface area (Å²) in [5.74, 6) is -0.143. The Morgan fingerprint density at radius 2 is 1.91 bits per heavy atom. The van der Waals surface area contributed by atoms with Gasteiger partial charge in [0.1, 0.15) is 29.4 Å². The largest absolute Gasteiger partial charge is 0.383 e. The Labute approximate surface area is 200 Å². The van der Waals surface area contributed by atoms with Crippen LogP contribution in [0.15, 0.2) is 48.8 Å². The highest BCUT2D eigenvalue weighted by Gasteiger charge is 2.26. The van der Waals surface area contributed by atoms with Crippen LogP contribution in [-0.4, -0.2) is 31.6 Å². The summed E-state index contributed by atoms with van der Waals surface area (Å²) in [5, 5.41) is 10.5. The van der Waals surface area contributed by atoms with Crippen molar-refractivity contribution in [2.45, 2.75) is 38.6 Å². The molecule has 2 aromatic heterocycles. The number of anilines is 3. The number of aromatic nitrogens is 4. The number of hydrogen-bond donors (Lipinski definition) is 3. The van der Waals surface area contributed by atoms with Gasteiger partial charge >= 0.3 is 6.03 Å². The number of urea groups is 1. The van der Waals surface area contributed by atoms with Crippen molar-refractivity contribution in [1.29, 1.82) is 0 Å². The first-order valence-electron chi connectivity index (χ1n) is 11.3. The van der Waals surface area contributed by atoms with Crippen molar-refractivity contribution in [3.05, 3.63) is 60.2 Å². The van der Waals surface area contributed by atoms with Crippen LogP contribution < -0.4 is 16.4 Å². The number of carbonyl (C=O) groups is 2. The van der Waals surface area contributed by atoms with Crippen LogP contribution in [0.3, 0.4) is 0 Å². The Morgan fingerprint density at radius 3 is 2.66 bits per heavy atom. The maximum absolute atomic E-state index is 15.0. The van der Waals surface area contributed by atoms with Crippen LogP contribution >= 0.6 is 0 Å². The molecular weight excluding hydrogens is 449 g/mol. The second-order valence-electron chi connectivity index (χ2n) is 8.66. The van der Waals surface area contributed by atoms with Crippen LogP contribution in [-0.2, 0) is 4.79 Å².